The number of hydrogen-bond acceptors (Lipinski definition) is 2. The maximum Gasteiger partial charge on any atom is 0.338 e. The van der Waals surface area contributed by atoms with E-state index in [0.717, 1.165) is 16.5 Å². The number of halogens is 2. The number of rotatable bonds is 5. The third kappa shape index (κ3) is 4.66. The molecule has 0 spiro atoms. The highest BCUT2D eigenvalue weighted by Crippen LogP contribution is 2.25. The normalized spacial score (nSPS) is 13.9. The summed E-state index contributed by atoms with van der Waals surface area (Å²) in [5, 5.41) is 0.596. The first-order valence-corrected chi connectivity index (χ1v) is 6.89. The fourth-order valence-electron chi connectivity index (χ4n) is 1.14. The molecule has 0 heterocycles. The fourth-order valence-corrected chi connectivity index (χ4v) is 2.79. The maximum atomic E-state index is 11.6. The third-order valence-corrected chi connectivity index (χ3v) is 3.23. The number of methoxy groups -OCH3 is 1. The highest BCUT2D eigenvalue weighted by Gasteiger charge is 2.14. The first-order valence-electron chi connectivity index (χ1n) is 4.98. The van der Waals surface area contributed by atoms with Crippen LogP contribution in [0, 0.1) is 0 Å². The van der Waals surface area contributed by atoms with Crippen LogP contribution in [0.5, 0.6) is 0 Å². The van der Waals surface area contributed by atoms with Crippen molar-refractivity contribution >= 4 is 37.8 Å². The van der Waals surface area contributed by atoms with E-state index < -0.39 is 0 Å². The number of carbonyl (C=O) groups is 1. The van der Waals surface area contributed by atoms with Gasteiger partial charge in [-0.2, -0.15) is 0 Å². The summed E-state index contributed by atoms with van der Waals surface area (Å²) in [6.07, 6.45) is 6.50. The highest BCUT2D eigenvalue weighted by molar-refractivity contribution is 9.12. The standard InChI is InChI=1S/C12H16Br2O2/c1-4-6-9(12(15)16-3)10(8-13)11(14)7-5-2/h4,6-7H,5,8H2,1-3H3/b6-4-,10-9+,11-7-. The summed E-state index contributed by atoms with van der Waals surface area (Å²) in [6, 6.07) is 0. The van der Waals surface area contributed by atoms with E-state index in [-0.39, 0.29) is 5.97 Å². The summed E-state index contributed by atoms with van der Waals surface area (Å²) in [6.45, 7) is 3.91. The minimum Gasteiger partial charge on any atom is -0.465 e. The molecule has 0 amide bonds. The molecule has 16 heavy (non-hydrogen) atoms. The van der Waals surface area contributed by atoms with Gasteiger partial charge in [-0.15, -0.1) is 0 Å². The molecule has 0 atom stereocenters. The number of allylic oxidation sites excluding steroid dienone is 4. The summed E-state index contributed by atoms with van der Waals surface area (Å²) in [4.78, 5) is 11.6. The van der Waals surface area contributed by atoms with Crippen LogP contribution < -0.4 is 0 Å². The van der Waals surface area contributed by atoms with E-state index in [1.165, 1.54) is 7.11 Å². The van der Waals surface area contributed by atoms with E-state index in [1.807, 2.05) is 26.0 Å². The molecule has 0 aromatic heterocycles. The van der Waals surface area contributed by atoms with Crippen molar-refractivity contribution in [1.29, 1.82) is 0 Å². The lowest BCUT2D eigenvalue weighted by molar-refractivity contribution is -0.135. The van der Waals surface area contributed by atoms with Crippen molar-refractivity contribution in [2.75, 3.05) is 12.4 Å². The van der Waals surface area contributed by atoms with Crippen LogP contribution in [0.2, 0.25) is 0 Å². The Kier molecular flexibility index (Phi) is 8.57. The summed E-state index contributed by atoms with van der Waals surface area (Å²) >= 11 is 6.85. The van der Waals surface area contributed by atoms with Gasteiger partial charge in [0.25, 0.3) is 0 Å². The number of ether oxygens (including phenoxy) is 1. The molecule has 0 aromatic carbocycles. The molecule has 0 rings (SSSR count). The molecule has 0 saturated carbocycles. The zero-order valence-electron chi connectivity index (χ0n) is 9.72. The Balaban J connectivity index is 5.49. The average molecular weight is 352 g/mol. The van der Waals surface area contributed by atoms with Gasteiger partial charge in [0.1, 0.15) is 0 Å². The van der Waals surface area contributed by atoms with Crippen LogP contribution >= 0.6 is 31.9 Å². The smallest absolute Gasteiger partial charge is 0.338 e. The molecule has 0 aromatic rings. The highest BCUT2D eigenvalue weighted by atomic mass is 79.9. The predicted octanol–water partition coefficient (Wildman–Crippen LogP) is 4.12. The maximum absolute atomic E-state index is 11.6. The largest absolute Gasteiger partial charge is 0.465 e. The third-order valence-electron chi connectivity index (χ3n) is 1.87. The van der Waals surface area contributed by atoms with Crippen molar-refractivity contribution in [3.8, 4) is 0 Å². The summed E-state index contributed by atoms with van der Waals surface area (Å²) in [5.41, 5.74) is 1.46. The molecule has 0 N–H and O–H groups in total. The zero-order valence-corrected chi connectivity index (χ0v) is 12.9. The molecule has 0 aliphatic rings. The minimum atomic E-state index is -0.325. The van der Waals surface area contributed by atoms with Crippen LogP contribution in [0.25, 0.3) is 0 Å². The average Bonchev–Trinajstić information content (AvgIpc) is 2.28. The van der Waals surface area contributed by atoms with Gasteiger partial charge >= 0.3 is 5.97 Å². The van der Waals surface area contributed by atoms with E-state index in [4.69, 9.17) is 4.74 Å². The van der Waals surface area contributed by atoms with Crippen LogP contribution in [0.3, 0.4) is 0 Å². The number of esters is 1. The summed E-state index contributed by atoms with van der Waals surface area (Å²) < 4.78 is 5.68. The molecule has 0 unspecified atom stereocenters. The molecule has 0 fully saturated rings. The first kappa shape index (κ1) is 15.7. The molecule has 0 aliphatic heterocycles. The molecule has 90 valence electrons. The molecule has 4 heteroatoms. The Labute approximate surface area is 114 Å². The number of alkyl halides is 1. The Morgan fingerprint density at radius 3 is 2.44 bits per heavy atom. The van der Waals surface area contributed by atoms with Gasteiger partial charge < -0.3 is 4.74 Å². The van der Waals surface area contributed by atoms with E-state index >= 15 is 0 Å². The van der Waals surface area contributed by atoms with Crippen LogP contribution in [-0.4, -0.2) is 18.4 Å². The summed E-state index contributed by atoms with van der Waals surface area (Å²) in [5.74, 6) is -0.325. The Morgan fingerprint density at radius 2 is 2.06 bits per heavy atom. The van der Waals surface area contributed by atoms with Crippen LogP contribution in [0.1, 0.15) is 20.3 Å². The van der Waals surface area contributed by atoms with Crippen molar-refractivity contribution in [2.24, 2.45) is 0 Å². The minimum absolute atomic E-state index is 0.325. The van der Waals surface area contributed by atoms with Gasteiger partial charge in [-0.05, 0) is 18.9 Å². The molecule has 0 aliphatic carbocycles. The van der Waals surface area contributed by atoms with Gasteiger partial charge in [0.05, 0.1) is 12.7 Å². The van der Waals surface area contributed by atoms with E-state index in [9.17, 15) is 4.79 Å². The molecule has 0 bridgehead atoms. The van der Waals surface area contributed by atoms with Crippen molar-refractivity contribution in [2.45, 2.75) is 20.3 Å². The summed E-state index contributed by atoms with van der Waals surface area (Å²) in [7, 11) is 1.38. The lowest BCUT2D eigenvalue weighted by atomic mass is 10.1. The van der Waals surface area contributed by atoms with Gasteiger partial charge in [-0.25, -0.2) is 4.79 Å². The monoisotopic (exact) mass is 350 g/mol. The predicted molar refractivity (Wildman–Crippen MR) is 75.0 cm³/mol. The molecule has 2 nitrogen and oxygen atoms in total. The Bertz CT molecular complexity index is 328. The van der Waals surface area contributed by atoms with Crippen molar-refractivity contribution in [3.63, 3.8) is 0 Å². The molecular formula is C12H16Br2O2. The van der Waals surface area contributed by atoms with Gasteiger partial charge in [0.15, 0.2) is 0 Å². The lowest BCUT2D eigenvalue weighted by Crippen LogP contribution is -2.07. The van der Waals surface area contributed by atoms with Gasteiger partial charge in [-0.3, -0.25) is 0 Å². The second-order valence-corrected chi connectivity index (χ2v) is 4.39. The van der Waals surface area contributed by atoms with Crippen LogP contribution in [0.4, 0.5) is 0 Å². The fraction of sp³-hybridized carbons (Fsp3) is 0.417. The zero-order chi connectivity index (χ0) is 12.6. The van der Waals surface area contributed by atoms with Crippen molar-refractivity contribution < 1.29 is 9.53 Å². The topological polar surface area (TPSA) is 26.3 Å². The second kappa shape index (κ2) is 8.76. The SMILES string of the molecule is C\C=C/C(C(=O)OC)=C(CBr)\C(Br)=C\CC. The second-order valence-electron chi connectivity index (χ2n) is 2.98. The van der Waals surface area contributed by atoms with Gasteiger partial charge in [0.2, 0.25) is 0 Å². The number of carbonyl (C=O) groups excluding carboxylic acids is 1. The van der Waals surface area contributed by atoms with Crippen LogP contribution in [-0.2, 0) is 9.53 Å². The molecule has 0 radical (unpaired) electrons. The van der Waals surface area contributed by atoms with Crippen molar-refractivity contribution in [1.82, 2.24) is 0 Å². The van der Waals surface area contributed by atoms with Crippen molar-refractivity contribution in [3.05, 3.63) is 33.9 Å². The Hall–Kier alpha value is -0.350. The quantitative estimate of drug-likeness (QED) is 0.322. The molecular weight excluding hydrogens is 336 g/mol. The lowest BCUT2D eigenvalue weighted by Gasteiger charge is -2.08. The molecule has 0 saturated heterocycles. The van der Waals surface area contributed by atoms with E-state index in [1.54, 1.807) is 6.08 Å². The number of hydrogen-bond donors (Lipinski definition) is 0. The van der Waals surface area contributed by atoms with Gasteiger partial charge in [-0.1, -0.05) is 57.0 Å². The van der Waals surface area contributed by atoms with E-state index in [0.29, 0.717) is 10.9 Å². The van der Waals surface area contributed by atoms with E-state index in [2.05, 4.69) is 31.9 Å². The van der Waals surface area contributed by atoms with Crippen LogP contribution in [0.15, 0.2) is 33.9 Å². The van der Waals surface area contributed by atoms with Gasteiger partial charge in [0, 0.05) is 9.81 Å². The Morgan fingerprint density at radius 1 is 1.44 bits per heavy atom. The first-order chi connectivity index (χ1) is 7.62.